The fourth-order valence-corrected chi connectivity index (χ4v) is 2.58. The maximum Gasteiger partial charge on any atom is 0.416 e. The highest BCUT2D eigenvalue weighted by Gasteiger charge is 2.37. The number of alkyl halides is 3. The lowest BCUT2D eigenvalue weighted by atomic mass is 10.1. The molecule has 25 heavy (non-hydrogen) atoms. The van der Waals surface area contributed by atoms with Crippen LogP contribution in [-0.4, -0.2) is 35.1 Å². The van der Waals surface area contributed by atoms with Crippen molar-refractivity contribution >= 4 is 17.7 Å². The molecule has 0 aromatic heterocycles. The molecule has 0 unspecified atom stereocenters. The van der Waals surface area contributed by atoms with E-state index in [0.29, 0.717) is 19.4 Å². The summed E-state index contributed by atoms with van der Waals surface area (Å²) in [5, 5.41) is 2.46. The normalized spacial score (nSPS) is 18.2. The lowest BCUT2D eigenvalue weighted by molar-refractivity contribution is -0.137. The molecule has 8 heteroatoms. The van der Waals surface area contributed by atoms with Gasteiger partial charge in [-0.3, -0.25) is 9.69 Å². The van der Waals surface area contributed by atoms with Gasteiger partial charge in [0.2, 0.25) is 5.91 Å². The van der Waals surface area contributed by atoms with E-state index in [0.717, 1.165) is 12.1 Å². The molecule has 1 N–H and O–H groups in total. The van der Waals surface area contributed by atoms with Crippen molar-refractivity contribution in [3.05, 3.63) is 29.8 Å². The highest BCUT2D eigenvalue weighted by Crippen LogP contribution is 2.31. The topological polar surface area (TPSA) is 58.6 Å². The quantitative estimate of drug-likeness (QED) is 0.868. The van der Waals surface area contributed by atoms with Crippen LogP contribution in [0, 0.1) is 0 Å². The zero-order chi connectivity index (χ0) is 18.8. The molecule has 1 atom stereocenters. The maximum atomic E-state index is 12.7. The van der Waals surface area contributed by atoms with Gasteiger partial charge in [-0.05, 0) is 51.8 Å². The number of nitrogens with zero attached hydrogens (tertiary/aromatic N) is 1. The van der Waals surface area contributed by atoms with Gasteiger partial charge in [-0.1, -0.05) is 6.07 Å². The number of carbonyl (C=O) groups is 2. The highest BCUT2D eigenvalue weighted by atomic mass is 19.4. The molecule has 1 aromatic carbocycles. The number of ether oxygens (including phenoxy) is 1. The van der Waals surface area contributed by atoms with Gasteiger partial charge in [0.15, 0.2) is 0 Å². The van der Waals surface area contributed by atoms with E-state index >= 15 is 0 Å². The van der Waals surface area contributed by atoms with Gasteiger partial charge in [0.25, 0.3) is 0 Å². The van der Waals surface area contributed by atoms with Crippen LogP contribution in [0.25, 0.3) is 0 Å². The average Bonchev–Trinajstić information content (AvgIpc) is 2.94. The molecule has 2 amide bonds. The van der Waals surface area contributed by atoms with Crippen LogP contribution < -0.4 is 5.32 Å². The van der Waals surface area contributed by atoms with E-state index in [4.69, 9.17) is 4.74 Å². The summed E-state index contributed by atoms with van der Waals surface area (Å²) in [4.78, 5) is 25.9. The molecule has 0 saturated carbocycles. The molecule has 1 aliphatic rings. The Morgan fingerprint density at radius 2 is 1.92 bits per heavy atom. The number of hydrogen-bond acceptors (Lipinski definition) is 3. The first-order chi connectivity index (χ1) is 11.5. The number of rotatable bonds is 2. The molecule has 1 aromatic rings. The summed E-state index contributed by atoms with van der Waals surface area (Å²) in [5.74, 6) is -0.525. The van der Waals surface area contributed by atoms with Crippen LogP contribution in [0.1, 0.15) is 39.2 Å². The lowest BCUT2D eigenvalue weighted by Crippen LogP contribution is -2.45. The summed E-state index contributed by atoms with van der Waals surface area (Å²) in [5.41, 5.74) is -1.50. The van der Waals surface area contributed by atoms with E-state index in [-0.39, 0.29) is 5.69 Å². The molecular formula is C17H21F3N2O3. The van der Waals surface area contributed by atoms with E-state index < -0.39 is 35.4 Å². The summed E-state index contributed by atoms with van der Waals surface area (Å²) >= 11 is 0. The third-order valence-electron chi connectivity index (χ3n) is 3.64. The SMILES string of the molecule is CC(C)(C)OC(=O)N1CCC[C@H]1C(=O)Nc1cccc(C(F)(F)F)c1. The predicted molar refractivity (Wildman–Crippen MR) is 86.0 cm³/mol. The Balaban J connectivity index is 2.08. The fourth-order valence-electron chi connectivity index (χ4n) is 2.58. The minimum absolute atomic E-state index is 0.0378. The number of amides is 2. The van der Waals surface area contributed by atoms with Crippen molar-refractivity contribution in [2.24, 2.45) is 0 Å². The van der Waals surface area contributed by atoms with Crippen molar-refractivity contribution in [3.63, 3.8) is 0 Å². The Labute approximate surface area is 144 Å². The summed E-state index contributed by atoms with van der Waals surface area (Å²) < 4.78 is 43.5. The molecule has 1 saturated heterocycles. The van der Waals surface area contributed by atoms with Crippen molar-refractivity contribution in [2.45, 2.75) is 51.4 Å². The second-order valence-electron chi connectivity index (χ2n) is 6.90. The second kappa shape index (κ2) is 6.93. The van der Waals surface area contributed by atoms with E-state index in [1.165, 1.54) is 17.0 Å². The van der Waals surface area contributed by atoms with Crippen molar-refractivity contribution in [1.29, 1.82) is 0 Å². The van der Waals surface area contributed by atoms with Gasteiger partial charge in [0.1, 0.15) is 11.6 Å². The number of hydrogen-bond donors (Lipinski definition) is 1. The van der Waals surface area contributed by atoms with Gasteiger partial charge in [-0.2, -0.15) is 13.2 Å². The zero-order valence-electron chi connectivity index (χ0n) is 14.3. The monoisotopic (exact) mass is 358 g/mol. The Morgan fingerprint density at radius 1 is 1.24 bits per heavy atom. The van der Waals surface area contributed by atoms with Crippen LogP contribution in [0.4, 0.5) is 23.7 Å². The Kier molecular flexibility index (Phi) is 5.29. The van der Waals surface area contributed by atoms with Crippen molar-refractivity contribution in [2.75, 3.05) is 11.9 Å². The molecule has 0 radical (unpaired) electrons. The Hall–Kier alpha value is -2.25. The van der Waals surface area contributed by atoms with E-state index in [1.54, 1.807) is 20.8 Å². The number of nitrogens with one attached hydrogen (secondary N) is 1. The van der Waals surface area contributed by atoms with Gasteiger partial charge < -0.3 is 10.1 Å². The molecule has 5 nitrogen and oxygen atoms in total. The molecule has 0 bridgehead atoms. The zero-order valence-corrected chi connectivity index (χ0v) is 14.3. The number of anilines is 1. The summed E-state index contributed by atoms with van der Waals surface area (Å²) in [6.07, 6.45) is -4.03. The predicted octanol–water partition coefficient (Wildman–Crippen LogP) is 4.04. The van der Waals surface area contributed by atoms with Crippen LogP contribution >= 0.6 is 0 Å². The van der Waals surface area contributed by atoms with Gasteiger partial charge in [0, 0.05) is 12.2 Å². The number of likely N-dealkylation sites (tertiary alicyclic amines) is 1. The average molecular weight is 358 g/mol. The van der Waals surface area contributed by atoms with Crippen LogP contribution in [0.2, 0.25) is 0 Å². The molecule has 0 aliphatic carbocycles. The smallest absolute Gasteiger partial charge is 0.416 e. The molecular weight excluding hydrogens is 337 g/mol. The summed E-state index contributed by atoms with van der Waals surface area (Å²) in [6.45, 7) is 5.53. The minimum Gasteiger partial charge on any atom is -0.444 e. The minimum atomic E-state index is -4.49. The summed E-state index contributed by atoms with van der Waals surface area (Å²) in [6, 6.07) is 3.63. The molecule has 138 valence electrons. The molecule has 1 heterocycles. The van der Waals surface area contributed by atoms with E-state index in [2.05, 4.69) is 5.32 Å². The number of halogens is 3. The summed E-state index contributed by atoms with van der Waals surface area (Å²) in [7, 11) is 0. The molecule has 1 fully saturated rings. The first-order valence-corrected chi connectivity index (χ1v) is 7.95. The largest absolute Gasteiger partial charge is 0.444 e. The first-order valence-electron chi connectivity index (χ1n) is 7.95. The van der Waals surface area contributed by atoms with Crippen LogP contribution in [0.5, 0.6) is 0 Å². The number of benzene rings is 1. The third-order valence-corrected chi connectivity index (χ3v) is 3.64. The van der Waals surface area contributed by atoms with Gasteiger partial charge in [0.05, 0.1) is 5.56 Å². The van der Waals surface area contributed by atoms with E-state index in [9.17, 15) is 22.8 Å². The first kappa shape index (κ1) is 19.1. The van der Waals surface area contributed by atoms with Crippen LogP contribution in [0.15, 0.2) is 24.3 Å². The fraction of sp³-hybridized carbons (Fsp3) is 0.529. The Bertz CT molecular complexity index is 653. The van der Waals surface area contributed by atoms with Crippen LogP contribution in [-0.2, 0) is 15.7 Å². The second-order valence-corrected chi connectivity index (χ2v) is 6.90. The number of carbonyl (C=O) groups excluding carboxylic acids is 2. The van der Waals surface area contributed by atoms with Crippen molar-refractivity contribution < 1.29 is 27.5 Å². The third kappa shape index (κ3) is 5.11. The standard InChI is InChI=1S/C17H21F3N2O3/c1-16(2,3)25-15(24)22-9-5-8-13(22)14(23)21-12-7-4-6-11(10-12)17(18,19)20/h4,6-7,10,13H,5,8-9H2,1-3H3,(H,21,23)/t13-/m0/s1. The molecule has 0 spiro atoms. The van der Waals surface area contributed by atoms with Crippen molar-refractivity contribution in [1.82, 2.24) is 4.90 Å². The van der Waals surface area contributed by atoms with Gasteiger partial charge in [-0.25, -0.2) is 4.79 Å². The molecule has 1 aliphatic heterocycles. The van der Waals surface area contributed by atoms with Gasteiger partial charge >= 0.3 is 12.3 Å². The highest BCUT2D eigenvalue weighted by molar-refractivity contribution is 5.97. The van der Waals surface area contributed by atoms with Gasteiger partial charge in [-0.15, -0.1) is 0 Å². The van der Waals surface area contributed by atoms with E-state index in [1.807, 2.05) is 0 Å². The lowest BCUT2D eigenvalue weighted by Gasteiger charge is -2.28. The molecule has 2 rings (SSSR count). The maximum absolute atomic E-state index is 12.7. The Morgan fingerprint density at radius 3 is 2.52 bits per heavy atom. The van der Waals surface area contributed by atoms with Crippen LogP contribution in [0.3, 0.4) is 0 Å². The van der Waals surface area contributed by atoms with Crippen molar-refractivity contribution in [3.8, 4) is 0 Å².